The van der Waals surface area contributed by atoms with Crippen LogP contribution in [-0.4, -0.2) is 25.0 Å². The normalized spacial score (nSPS) is 9.83. The number of nitrogens with one attached hydrogen (secondary N) is 1. The Kier molecular flexibility index (Phi) is 4.98. The summed E-state index contributed by atoms with van der Waals surface area (Å²) in [7, 11) is 0. The van der Waals surface area contributed by atoms with E-state index in [-0.39, 0.29) is 23.8 Å². The van der Waals surface area contributed by atoms with Crippen LogP contribution in [0.4, 0.5) is 5.69 Å². The van der Waals surface area contributed by atoms with Crippen molar-refractivity contribution in [1.29, 1.82) is 0 Å². The van der Waals surface area contributed by atoms with Crippen molar-refractivity contribution >= 4 is 17.5 Å². The van der Waals surface area contributed by atoms with Crippen LogP contribution in [0.2, 0.25) is 0 Å². The monoisotopic (exact) mass is 251 g/mol. The molecule has 0 unspecified atom stereocenters. The van der Waals surface area contributed by atoms with Gasteiger partial charge in [-0.2, -0.15) is 0 Å². The molecular formula is C12H17N3O3. The Hall–Kier alpha value is -2.24. The zero-order valence-electron chi connectivity index (χ0n) is 10.2. The highest BCUT2D eigenvalue weighted by atomic mass is 16.5. The maximum Gasteiger partial charge on any atom is 0.257 e. The third kappa shape index (κ3) is 3.97. The van der Waals surface area contributed by atoms with Crippen molar-refractivity contribution < 1.29 is 14.3 Å². The molecule has 0 radical (unpaired) electrons. The molecule has 18 heavy (non-hydrogen) atoms. The summed E-state index contributed by atoms with van der Waals surface area (Å²) in [5.41, 5.74) is 11.4. The van der Waals surface area contributed by atoms with Crippen LogP contribution >= 0.6 is 0 Å². The molecule has 0 spiro atoms. The van der Waals surface area contributed by atoms with Crippen LogP contribution in [0.25, 0.3) is 0 Å². The average molecular weight is 251 g/mol. The van der Waals surface area contributed by atoms with Gasteiger partial charge in [-0.15, -0.1) is 0 Å². The van der Waals surface area contributed by atoms with Gasteiger partial charge in [0.1, 0.15) is 5.75 Å². The first-order valence-corrected chi connectivity index (χ1v) is 5.63. The van der Waals surface area contributed by atoms with E-state index in [0.29, 0.717) is 12.2 Å². The van der Waals surface area contributed by atoms with Gasteiger partial charge in [0.15, 0.2) is 6.61 Å². The largest absolute Gasteiger partial charge is 0.483 e. The standard InChI is InChI=1S/C12H17N3O3/c1-2-5-15-11(16)7-18-10-6-8(13)3-4-9(10)12(14)17/h3-4,6H,2,5,7,13H2,1H3,(H2,14,17)(H,15,16). The van der Waals surface area contributed by atoms with Crippen molar-refractivity contribution in [3.63, 3.8) is 0 Å². The van der Waals surface area contributed by atoms with E-state index in [4.69, 9.17) is 16.2 Å². The highest BCUT2D eigenvalue weighted by Gasteiger charge is 2.11. The zero-order valence-corrected chi connectivity index (χ0v) is 10.2. The van der Waals surface area contributed by atoms with E-state index in [1.807, 2.05) is 6.92 Å². The highest BCUT2D eigenvalue weighted by molar-refractivity contribution is 5.96. The number of rotatable bonds is 6. The fraction of sp³-hybridized carbons (Fsp3) is 0.333. The molecule has 0 bridgehead atoms. The molecule has 1 aromatic carbocycles. The maximum absolute atomic E-state index is 11.4. The zero-order chi connectivity index (χ0) is 13.5. The van der Waals surface area contributed by atoms with Gasteiger partial charge < -0.3 is 21.5 Å². The minimum Gasteiger partial charge on any atom is -0.483 e. The molecule has 0 aliphatic carbocycles. The average Bonchev–Trinajstić information content (AvgIpc) is 2.33. The predicted molar refractivity (Wildman–Crippen MR) is 68.2 cm³/mol. The molecule has 0 aliphatic rings. The molecule has 2 amide bonds. The molecule has 5 N–H and O–H groups in total. The number of anilines is 1. The van der Waals surface area contributed by atoms with Crippen molar-refractivity contribution in [3.05, 3.63) is 23.8 Å². The van der Waals surface area contributed by atoms with Gasteiger partial charge in [-0.05, 0) is 18.6 Å². The number of hydrogen-bond acceptors (Lipinski definition) is 4. The second-order valence-electron chi connectivity index (χ2n) is 3.76. The third-order valence-electron chi connectivity index (χ3n) is 2.20. The molecule has 0 saturated carbocycles. The van der Waals surface area contributed by atoms with Gasteiger partial charge >= 0.3 is 0 Å². The number of hydrogen-bond donors (Lipinski definition) is 3. The first-order chi connectivity index (χ1) is 8.54. The number of nitrogens with two attached hydrogens (primary N) is 2. The Morgan fingerprint density at radius 3 is 2.72 bits per heavy atom. The van der Waals surface area contributed by atoms with Gasteiger partial charge in [0.2, 0.25) is 0 Å². The van der Waals surface area contributed by atoms with E-state index >= 15 is 0 Å². The first kappa shape index (κ1) is 13.8. The van der Waals surface area contributed by atoms with Crippen LogP contribution in [-0.2, 0) is 4.79 Å². The number of amides is 2. The van der Waals surface area contributed by atoms with Gasteiger partial charge in [0.05, 0.1) is 5.56 Å². The second-order valence-corrected chi connectivity index (χ2v) is 3.76. The summed E-state index contributed by atoms with van der Waals surface area (Å²) in [6.45, 7) is 2.36. The molecule has 0 aromatic heterocycles. The van der Waals surface area contributed by atoms with Crippen LogP contribution < -0.4 is 21.5 Å². The lowest BCUT2D eigenvalue weighted by atomic mass is 10.1. The molecule has 0 fully saturated rings. The fourth-order valence-electron chi connectivity index (χ4n) is 1.32. The topological polar surface area (TPSA) is 107 Å². The Bertz CT molecular complexity index is 446. The molecule has 1 rings (SSSR count). The van der Waals surface area contributed by atoms with E-state index in [9.17, 15) is 9.59 Å². The lowest BCUT2D eigenvalue weighted by molar-refractivity contribution is -0.123. The Morgan fingerprint density at radius 1 is 1.39 bits per heavy atom. The summed E-state index contributed by atoms with van der Waals surface area (Å²) >= 11 is 0. The SMILES string of the molecule is CCCNC(=O)COc1cc(N)ccc1C(N)=O. The predicted octanol–water partition coefficient (Wildman–Crippen LogP) is 0.273. The maximum atomic E-state index is 11.4. The van der Waals surface area contributed by atoms with Crippen LogP contribution in [0, 0.1) is 0 Å². The Labute approximate surface area is 105 Å². The quantitative estimate of drug-likeness (QED) is 0.631. The van der Waals surface area contributed by atoms with Crippen molar-refractivity contribution in [2.24, 2.45) is 5.73 Å². The van der Waals surface area contributed by atoms with Crippen LogP contribution in [0.3, 0.4) is 0 Å². The minimum atomic E-state index is -0.626. The van der Waals surface area contributed by atoms with Gasteiger partial charge in [-0.1, -0.05) is 6.92 Å². The second kappa shape index (κ2) is 6.48. The molecule has 1 aromatic rings. The summed E-state index contributed by atoms with van der Waals surface area (Å²) < 4.78 is 5.25. The van der Waals surface area contributed by atoms with E-state index in [2.05, 4.69) is 5.32 Å². The number of carbonyl (C=O) groups is 2. The molecule has 6 heteroatoms. The van der Waals surface area contributed by atoms with Gasteiger partial charge in [-0.25, -0.2) is 0 Å². The highest BCUT2D eigenvalue weighted by Crippen LogP contribution is 2.21. The first-order valence-electron chi connectivity index (χ1n) is 5.63. The third-order valence-corrected chi connectivity index (χ3v) is 2.20. The number of benzene rings is 1. The van der Waals surface area contributed by atoms with E-state index in [0.717, 1.165) is 6.42 Å². The fourth-order valence-corrected chi connectivity index (χ4v) is 1.32. The van der Waals surface area contributed by atoms with E-state index in [1.165, 1.54) is 12.1 Å². The number of ether oxygens (including phenoxy) is 1. The smallest absolute Gasteiger partial charge is 0.257 e. The van der Waals surface area contributed by atoms with Gasteiger partial charge in [0.25, 0.3) is 11.8 Å². The minimum absolute atomic E-state index is 0.177. The molecule has 6 nitrogen and oxygen atoms in total. The summed E-state index contributed by atoms with van der Waals surface area (Å²) in [5.74, 6) is -0.664. The van der Waals surface area contributed by atoms with Crippen LogP contribution in [0.15, 0.2) is 18.2 Å². The molecule has 98 valence electrons. The van der Waals surface area contributed by atoms with Crippen molar-refractivity contribution in [2.75, 3.05) is 18.9 Å². The molecule has 0 aliphatic heterocycles. The van der Waals surface area contributed by atoms with E-state index in [1.54, 1.807) is 6.07 Å². The van der Waals surface area contributed by atoms with Crippen molar-refractivity contribution in [2.45, 2.75) is 13.3 Å². The number of nitrogen functional groups attached to an aromatic ring is 1. The number of primary amides is 1. The van der Waals surface area contributed by atoms with Gasteiger partial charge in [-0.3, -0.25) is 9.59 Å². The lowest BCUT2D eigenvalue weighted by Gasteiger charge is -2.10. The summed E-state index contributed by atoms with van der Waals surface area (Å²) in [6.07, 6.45) is 0.844. The Balaban J connectivity index is 2.68. The number of carbonyl (C=O) groups excluding carboxylic acids is 2. The summed E-state index contributed by atoms with van der Waals surface area (Å²) in [6, 6.07) is 4.48. The van der Waals surface area contributed by atoms with Crippen LogP contribution in [0.1, 0.15) is 23.7 Å². The van der Waals surface area contributed by atoms with E-state index < -0.39 is 5.91 Å². The van der Waals surface area contributed by atoms with Crippen LogP contribution in [0.5, 0.6) is 5.75 Å². The van der Waals surface area contributed by atoms with Gasteiger partial charge in [0, 0.05) is 18.3 Å². The Morgan fingerprint density at radius 2 is 2.11 bits per heavy atom. The van der Waals surface area contributed by atoms with Crippen molar-refractivity contribution in [1.82, 2.24) is 5.32 Å². The lowest BCUT2D eigenvalue weighted by Crippen LogP contribution is -2.29. The summed E-state index contributed by atoms with van der Waals surface area (Å²) in [5, 5.41) is 2.65. The molecule has 0 saturated heterocycles. The molecule has 0 atom stereocenters. The molecular weight excluding hydrogens is 234 g/mol. The molecule has 0 heterocycles. The summed E-state index contributed by atoms with van der Waals surface area (Å²) in [4.78, 5) is 22.5. The van der Waals surface area contributed by atoms with Crippen molar-refractivity contribution in [3.8, 4) is 5.75 Å².